The predicted molar refractivity (Wildman–Crippen MR) is 68.8 cm³/mol. The summed E-state index contributed by atoms with van der Waals surface area (Å²) >= 11 is 4.75. The van der Waals surface area contributed by atoms with Crippen LogP contribution in [0.15, 0.2) is 24.3 Å². The zero-order valence-corrected chi connectivity index (χ0v) is 9.90. The van der Waals surface area contributed by atoms with E-state index in [1.165, 1.54) is 5.56 Å². The van der Waals surface area contributed by atoms with E-state index in [1.807, 2.05) is 12.1 Å². The summed E-state index contributed by atoms with van der Waals surface area (Å²) in [7, 11) is 0. The molecule has 15 heavy (non-hydrogen) atoms. The fourth-order valence-corrected chi connectivity index (χ4v) is 1.29. The van der Waals surface area contributed by atoms with Gasteiger partial charge in [0.1, 0.15) is 0 Å². The first-order chi connectivity index (χ1) is 7.08. The van der Waals surface area contributed by atoms with Crippen LogP contribution in [0.25, 0.3) is 0 Å². The van der Waals surface area contributed by atoms with Crippen LogP contribution in [0.3, 0.4) is 0 Å². The fraction of sp³-hybridized carbons (Fsp3) is 0.364. The van der Waals surface area contributed by atoms with E-state index in [2.05, 4.69) is 36.6 Å². The summed E-state index contributed by atoms with van der Waals surface area (Å²) in [6.07, 6.45) is 0. The molecule has 0 atom stereocenters. The van der Waals surface area contributed by atoms with Gasteiger partial charge in [-0.15, -0.1) is 0 Å². The molecular weight excluding hydrogens is 206 g/mol. The highest BCUT2D eigenvalue weighted by Gasteiger charge is 1.96. The lowest BCUT2D eigenvalue weighted by molar-refractivity contribution is 0.589. The van der Waals surface area contributed by atoms with Gasteiger partial charge in [-0.05, 0) is 29.9 Å². The average molecular weight is 223 g/mol. The van der Waals surface area contributed by atoms with Gasteiger partial charge in [0.2, 0.25) is 0 Å². The maximum absolute atomic E-state index is 5.37. The molecule has 0 bridgehead atoms. The smallest absolute Gasteiger partial charge is 0.168 e. The molecule has 0 saturated heterocycles. The molecule has 0 saturated carbocycles. The van der Waals surface area contributed by atoms with Crippen LogP contribution in [-0.4, -0.2) is 11.2 Å². The minimum atomic E-state index is 0.294. The molecule has 1 aromatic rings. The minimum Gasteiger partial charge on any atom is -0.376 e. The monoisotopic (exact) mass is 223 g/mol. The number of nitrogens with two attached hydrogens (primary N) is 1. The van der Waals surface area contributed by atoms with Gasteiger partial charge in [-0.25, -0.2) is 0 Å². The molecule has 0 radical (unpaired) electrons. The van der Waals surface area contributed by atoms with Gasteiger partial charge in [0, 0.05) is 18.3 Å². The van der Waals surface area contributed by atoms with Crippen molar-refractivity contribution < 1.29 is 0 Å². The summed E-state index contributed by atoms with van der Waals surface area (Å²) in [5.74, 6) is 0. The number of nitrogens with one attached hydrogen (secondary N) is 2. The summed E-state index contributed by atoms with van der Waals surface area (Å²) in [6, 6.07) is 8.54. The third kappa shape index (κ3) is 4.76. The molecule has 0 aliphatic carbocycles. The quantitative estimate of drug-likeness (QED) is 0.682. The van der Waals surface area contributed by atoms with E-state index in [-0.39, 0.29) is 0 Å². The maximum Gasteiger partial charge on any atom is 0.168 e. The topological polar surface area (TPSA) is 50.1 Å². The van der Waals surface area contributed by atoms with E-state index in [9.17, 15) is 0 Å². The largest absolute Gasteiger partial charge is 0.376 e. The number of hydrogen-bond donors (Lipinski definition) is 3. The Morgan fingerprint density at radius 1 is 1.33 bits per heavy atom. The molecule has 0 heterocycles. The first-order valence-electron chi connectivity index (χ1n) is 4.96. The van der Waals surface area contributed by atoms with Crippen molar-refractivity contribution in [2.24, 2.45) is 5.73 Å². The highest BCUT2D eigenvalue weighted by Crippen LogP contribution is 2.09. The Bertz CT molecular complexity index is 319. The number of benzene rings is 1. The van der Waals surface area contributed by atoms with Crippen LogP contribution in [0.5, 0.6) is 0 Å². The summed E-state index contributed by atoms with van der Waals surface area (Å²) in [5.41, 5.74) is 7.54. The van der Waals surface area contributed by atoms with Crippen molar-refractivity contribution >= 4 is 23.0 Å². The second kappa shape index (κ2) is 5.68. The molecule has 0 aromatic heterocycles. The summed E-state index contributed by atoms with van der Waals surface area (Å²) in [5, 5.41) is 6.53. The summed E-state index contributed by atoms with van der Waals surface area (Å²) in [6.45, 7) is 5.14. The molecule has 0 spiro atoms. The molecule has 4 N–H and O–H groups in total. The van der Waals surface area contributed by atoms with Crippen molar-refractivity contribution in [3.8, 4) is 0 Å². The maximum atomic E-state index is 5.37. The minimum absolute atomic E-state index is 0.294. The lowest BCUT2D eigenvalue weighted by Gasteiger charge is -2.09. The van der Waals surface area contributed by atoms with Gasteiger partial charge in [-0.2, -0.15) is 0 Å². The van der Waals surface area contributed by atoms with Crippen LogP contribution in [0.1, 0.15) is 19.4 Å². The molecule has 0 aliphatic rings. The van der Waals surface area contributed by atoms with Crippen LogP contribution >= 0.6 is 12.2 Å². The third-order valence-corrected chi connectivity index (χ3v) is 2.04. The Kier molecular flexibility index (Phi) is 4.52. The second-order valence-corrected chi connectivity index (χ2v) is 4.16. The Morgan fingerprint density at radius 3 is 2.40 bits per heavy atom. The van der Waals surface area contributed by atoms with Crippen LogP contribution < -0.4 is 16.4 Å². The Balaban J connectivity index is 2.52. The number of rotatable bonds is 4. The molecule has 3 nitrogen and oxygen atoms in total. The van der Waals surface area contributed by atoms with E-state index in [4.69, 9.17) is 18.0 Å². The standard InChI is InChI=1S/C11H17N3S/c1-8(2)13-7-9-3-5-10(6-4-9)14-11(12)15/h3-6,8,13H,7H2,1-2H3,(H3,12,14,15). The molecule has 0 fully saturated rings. The third-order valence-electron chi connectivity index (χ3n) is 1.94. The van der Waals surface area contributed by atoms with Gasteiger partial charge in [-0.1, -0.05) is 26.0 Å². The number of anilines is 1. The SMILES string of the molecule is CC(C)NCc1ccc(NC(N)=S)cc1. The molecule has 0 amide bonds. The van der Waals surface area contributed by atoms with Crippen molar-refractivity contribution in [1.29, 1.82) is 0 Å². The molecule has 0 aliphatic heterocycles. The lowest BCUT2D eigenvalue weighted by Crippen LogP contribution is -2.22. The molecule has 82 valence electrons. The summed E-state index contributed by atoms with van der Waals surface area (Å²) < 4.78 is 0. The van der Waals surface area contributed by atoms with Crippen molar-refractivity contribution in [2.45, 2.75) is 26.4 Å². The number of thiocarbonyl (C=S) groups is 1. The summed E-state index contributed by atoms with van der Waals surface area (Å²) in [4.78, 5) is 0. The second-order valence-electron chi connectivity index (χ2n) is 3.72. The van der Waals surface area contributed by atoms with Gasteiger partial charge >= 0.3 is 0 Å². The highest BCUT2D eigenvalue weighted by molar-refractivity contribution is 7.80. The Morgan fingerprint density at radius 2 is 1.93 bits per heavy atom. The molecule has 0 unspecified atom stereocenters. The molecule has 1 aromatic carbocycles. The molecule has 4 heteroatoms. The zero-order valence-electron chi connectivity index (χ0n) is 9.08. The lowest BCUT2D eigenvalue weighted by atomic mass is 10.2. The average Bonchev–Trinajstić information content (AvgIpc) is 2.16. The van der Waals surface area contributed by atoms with E-state index >= 15 is 0 Å². The first-order valence-corrected chi connectivity index (χ1v) is 5.37. The van der Waals surface area contributed by atoms with Crippen molar-refractivity contribution in [3.05, 3.63) is 29.8 Å². The van der Waals surface area contributed by atoms with Gasteiger partial charge in [-0.3, -0.25) is 0 Å². The van der Waals surface area contributed by atoms with Crippen molar-refractivity contribution in [1.82, 2.24) is 5.32 Å². The van der Waals surface area contributed by atoms with Gasteiger partial charge in [0.25, 0.3) is 0 Å². The Hall–Kier alpha value is -1.13. The van der Waals surface area contributed by atoms with Crippen LogP contribution in [0, 0.1) is 0 Å². The molecule has 1 rings (SSSR count). The van der Waals surface area contributed by atoms with Crippen molar-refractivity contribution in [3.63, 3.8) is 0 Å². The first kappa shape index (κ1) is 11.9. The van der Waals surface area contributed by atoms with E-state index < -0.39 is 0 Å². The zero-order chi connectivity index (χ0) is 11.3. The van der Waals surface area contributed by atoms with E-state index in [0.29, 0.717) is 11.2 Å². The molecular formula is C11H17N3S. The number of hydrogen-bond acceptors (Lipinski definition) is 2. The Labute approximate surface area is 96.1 Å². The van der Waals surface area contributed by atoms with Gasteiger partial charge in [0.15, 0.2) is 5.11 Å². The van der Waals surface area contributed by atoms with E-state index in [0.717, 1.165) is 12.2 Å². The van der Waals surface area contributed by atoms with Crippen molar-refractivity contribution in [2.75, 3.05) is 5.32 Å². The van der Waals surface area contributed by atoms with Crippen LogP contribution in [-0.2, 0) is 6.54 Å². The van der Waals surface area contributed by atoms with E-state index in [1.54, 1.807) is 0 Å². The van der Waals surface area contributed by atoms with Crippen LogP contribution in [0.2, 0.25) is 0 Å². The predicted octanol–water partition coefficient (Wildman–Crippen LogP) is 1.84. The highest BCUT2D eigenvalue weighted by atomic mass is 32.1. The van der Waals surface area contributed by atoms with Gasteiger partial charge < -0.3 is 16.4 Å². The van der Waals surface area contributed by atoms with Gasteiger partial charge in [0.05, 0.1) is 0 Å². The van der Waals surface area contributed by atoms with Crippen LogP contribution in [0.4, 0.5) is 5.69 Å². The fourth-order valence-electron chi connectivity index (χ4n) is 1.17. The normalized spacial score (nSPS) is 10.3.